The number of para-hydroxylation sites is 2. The molecule has 3 aliphatic heterocycles. The molecule has 0 spiro atoms. The molecule has 530 valence electrons. The number of aromatic amines is 2. The molecule has 0 radical (unpaired) electrons. The minimum atomic E-state index is -1.80. The fourth-order valence-corrected chi connectivity index (χ4v) is 11.6. The molecule has 2 aromatic heterocycles. The van der Waals surface area contributed by atoms with Gasteiger partial charge in [-0.25, -0.2) is 4.99 Å². The van der Waals surface area contributed by atoms with Crippen LogP contribution in [0, 0.1) is 5.92 Å². The minimum absolute atomic E-state index is 0.00930. The van der Waals surface area contributed by atoms with Crippen molar-refractivity contribution in [1.29, 1.82) is 0 Å². The van der Waals surface area contributed by atoms with Crippen LogP contribution < -0.4 is 65.1 Å². The van der Waals surface area contributed by atoms with Gasteiger partial charge in [-0.05, 0) is 85.4 Å². The van der Waals surface area contributed by atoms with E-state index in [1.54, 1.807) is 74.8 Å². The van der Waals surface area contributed by atoms with Gasteiger partial charge in [0.15, 0.2) is 5.96 Å². The van der Waals surface area contributed by atoms with Gasteiger partial charge in [-0.2, -0.15) is 0 Å². The number of H-pyrrole nitrogens is 2. The molecule has 3 aliphatic rings. The third-order valence-corrected chi connectivity index (χ3v) is 16.5. The highest BCUT2D eigenvalue weighted by atomic mass is 16.4. The van der Waals surface area contributed by atoms with Gasteiger partial charge in [-0.15, -0.1) is 0 Å². The molecule has 33 heteroatoms. The number of nitrogens with one attached hydrogen (secondary N) is 11. The van der Waals surface area contributed by atoms with Crippen LogP contribution in [0.25, 0.3) is 21.8 Å². The van der Waals surface area contributed by atoms with Gasteiger partial charge in [0.25, 0.3) is 5.97 Å². The quantitative estimate of drug-likeness (QED) is 0.0119. The molecule has 3 aromatic carbocycles. The minimum Gasteiger partial charge on any atom is -0.508 e. The number of likely N-dealkylation sites (tertiary alicyclic amines) is 1. The summed E-state index contributed by atoms with van der Waals surface area (Å²) in [5, 5.41) is 53.9. The van der Waals surface area contributed by atoms with Crippen LogP contribution in [-0.4, -0.2) is 206 Å². The van der Waals surface area contributed by atoms with Crippen molar-refractivity contribution in [2.75, 3.05) is 26.2 Å². The number of phenolic OH excluding ortho intramolecular Hbond substituents is 1. The highest BCUT2D eigenvalue weighted by Crippen LogP contribution is 2.24. The van der Waals surface area contributed by atoms with Gasteiger partial charge in [0.2, 0.25) is 65.0 Å². The van der Waals surface area contributed by atoms with Crippen molar-refractivity contribution in [3.8, 4) is 5.75 Å². The molecule has 11 amide bonds. The summed E-state index contributed by atoms with van der Waals surface area (Å²) in [5.74, 6) is -9.88. The smallest absolute Gasteiger partial charge is 0.300 e. The predicted molar refractivity (Wildman–Crippen MR) is 363 cm³/mol. The van der Waals surface area contributed by atoms with Gasteiger partial charge in [0, 0.05) is 92.5 Å². The van der Waals surface area contributed by atoms with E-state index >= 15 is 9.59 Å². The second kappa shape index (κ2) is 36.2. The average molecular weight is 1370 g/mol. The molecule has 99 heavy (non-hydrogen) atoms. The number of carboxylic acids is 1. The molecule has 0 bridgehead atoms. The van der Waals surface area contributed by atoms with Crippen molar-refractivity contribution in [1.82, 2.24) is 62.7 Å². The number of aliphatic carboxylic acids is 1. The van der Waals surface area contributed by atoms with Crippen molar-refractivity contribution < 1.29 is 72.9 Å². The van der Waals surface area contributed by atoms with Crippen LogP contribution in [0.3, 0.4) is 0 Å². The number of hydrogen-bond acceptors (Lipinski definition) is 17. The summed E-state index contributed by atoms with van der Waals surface area (Å²) >= 11 is 0. The summed E-state index contributed by atoms with van der Waals surface area (Å²) < 4.78 is 0. The van der Waals surface area contributed by atoms with Crippen LogP contribution in [0.5, 0.6) is 5.75 Å². The highest BCUT2D eigenvalue weighted by molar-refractivity contribution is 6.00. The van der Waals surface area contributed by atoms with E-state index in [9.17, 15) is 53.4 Å². The third kappa shape index (κ3) is 22.4. The Morgan fingerprint density at radius 3 is 1.72 bits per heavy atom. The first-order valence-electron chi connectivity index (χ1n) is 32.3. The van der Waals surface area contributed by atoms with Gasteiger partial charge in [0.05, 0.1) is 19.2 Å². The molecule has 10 atom stereocenters. The Morgan fingerprint density at radius 1 is 0.667 bits per heavy atom. The molecule has 8 rings (SSSR count). The number of phenols is 1. The van der Waals surface area contributed by atoms with Gasteiger partial charge in [0.1, 0.15) is 66.5 Å². The van der Waals surface area contributed by atoms with Crippen molar-refractivity contribution >= 4 is 111 Å². The highest BCUT2D eigenvalue weighted by Gasteiger charge is 2.40. The normalized spacial score (nSPS) is 17.4. The van der Waals surface area contributed by atoms with E-state index in [4.69, 9.17) is 27.1 Å². The van der Waals surface area contributed by atoms with Gasteiger partial charge in [-0.1, -0.05) is 62.4 Å². The van der Waals surface area contributed by atoms with Crippen LogP contribution in [0.2, 0.25) is 0 Å². The lowest BCUT2D eigenvalue weighted by Crippen LogP contribution is -2.61. The van der Waals surface area contributed by atoms with E-state index in [1.165, 1.54) is 41.7 Å². The number of aliphatic hydroxyl groups is 1. The zero-order valence-electron chi connectivity index (χ0n) is 55.0. The summed E-state index contributed by atoms with van der Waals surface area (Å²) in [6.07, 6.45) is 6.47. The summed E-state index contributed by atoms with van der Waals surface area (Å²) in [4.78, 5) is 182. The topological polar surface area (TPSA) is 524 Å². The van der Waals surface area contributed by atoms with Crippen LogP contribution in [0.15, 0.2) is 100 Å². The van der Waals surface area contributed by atoms with Crippen molar-refractivity contribution in [3.05, 3.63) is 102 Å². The Labute approximate surface area is 568 Å². The number of nitrogens with two attached hydrogens (primary N) is 3. The first-order chi connectivity index (χ1) is 47.3. The number of benzene rings is 3. The van der Waals surface area contributed by atoms with E-state index in [1.807, 2.05) is 0 Å². The number of carbonyl (C=O) groups is 12. The van der Waals surface area contributed by atoms with E-state index in [0.717, 1.165) is 6.92 Å². The van der Waals surface area contributed by atoms with Gasteiger partial charge < -0.3 is 95.2 Å². The second-order valence-corrected chi connectivity index (χ2v) is 24.6. The largest absolute Gasteiger partial charge is 0.508 e. The first-order valence-corrected chi connectivity index (χ1v) is 32.3. The number of amides is 11. The van der Waals surface area contributed by atoms with Crippen LogP contribution in [0.4, 0.5) is 0 Å². The Hall–Kier alpha value is -11.2. The van der Waals surface area contributed by atoms with E-state index in [0.29, 0.717) is 44.9 Å². The van der Waals surface area contributed by atoms with Crippen molar-refractivity contribution in [3.63, 3.8) is 0 Å². The number of hydrogen-bond donors (Lipinski definition) is 17. The molecule has 20 N–H and O–H groups in total. The molecule has 33 nitrogen and oxygen atoms in total. The Kier molecular flexibility index (Phi) is 27.5. The molecule has 2 saturated heterocycles. The second-order valence-electron chi connectivity index (χ2n) is 24.6. The maximum Gasteiger partial charge on any atom is 0.300 e. The molecular weight excluding hydrogens is 1280 g/mol. The summed E-state index contributed by atoms with van der Waals surface area (Å²) in [7, 11) is 0. The lowest BCUT2D eigenvalue weighted by atomic mass is 9.99. The molecule has 10 unspecified atom stereocenters. The molecule has 0 aliphatic carbocycles. The van der Waals surface area contributed by atoms with Crippen molar-refractivity contribution in [2.45, 2.75) is 152 Å². The van der Waals surface area contributed by atoms with E-state index in [-0.39, 0.29) is 101 Å². The summed E-state index contributed by atoms with van der Waals surface area (Å²) in [6.45, 7) is 3.41. The lowest BCUT2D eigenvalue weighted by Gasteiger charge is -2.30. The Morgan fingerprint density at radius 2 is 1.19 bits per heavy atom. The lowest BCUT2D eigenvalue weighted by molar-refractivity contribution is -0.142. The number of carbonyl (C=O) groups excluding carboxylic acids is 11. The number of aromatic nitrogens is 2. The molecule has 5 heterocycles. The summed E-state index contributed by atoms with van der Waals surface area (Å²) in [6, 6.07) is 7.14. The van der Waals surface area contributed by atoms with Crippen LogP contribution in [-0.2, 0) is 76.8 Å². The van der Waals surface area contributed by atoms with Gasteiger partial charge >= 0.3 is 0 Å². The number of aliphatic imine (C=N–C) groups is 3. The third-order valence-electron chi connectivity index (χ3n) is 16.5. The molecule has 0 saturated carbocycles. The van der Waals surface area contributed by atoms with E-state index < -0.39 is 139 Å². The molecule has 2 fully saturated rings. The number of nitrogens with zero attached hydrogens (tertiary/aromatic N) is 4. The monoisotopic (exact) mass is 1370 g/mol. The standard InChI is InChI=1S/C64H82N18O13.C2H4O2/c1-34(2)23-46(56(88)75-45(13-7-21-69-64(66)67)63(95)82-22-8-14-52(82)62(94)72-31-53(65)85)76-58(90)48(25-36-28-70-42-11-5-3-9-40(36)42)78-57(89)47(24-35-15-17-39(84)18-16-35)77-61(93)51(32-83)81-59(91)49(26-37-29-71-43-12-6-4-10-41(37)43)79-60(92)50(27-38-30-68-33-73-38)80-55(87)44-19-20-54(86)74-44;1-2(3)4/h3-6,9-12,15-18,28-30,33-34,38,44-52,70-71,83-84H,7-8,13-14,19-27,31-32H2,1-2H3,(H2,65,85)(H,72,94)(H,74,86)(H,75,88)(H,76,90)(H,77,93)(H,78,89)(H,79,92)(H,80,87)(H,81,91)(H4,66,67,69);1H3,(H,3,4). The fraction of sp³-hybridized carbons (Fsp3) is 0.439. The number of guanidine groups is 1. The Bertz CT molecular complexity index is 3810. The Balaban J connectivity index is 0.00000335. The number of fused-ring (bicyclic) bond motifs is 2. The van der Waals surface area contributed by atoms with Crippen LogP contribution >= 0.6 is 0 Å². The first kappa shape index (κ1) is 75.1. The number of rotatable bonds is 33. The average Bonchev–Trinajstić information content (AvgIpc) is 1.77. The maximum atomic E-state index is 15.1. The zero-order valence-corrected chi connectivity index (χ0v) is 55.0. The number of aliphatic hydroxyl groups excluding tert-OH is 1. The maximum absolute atomic E-state index is 15.1. The molecule has 5 aromatic rings. The zero-order chi connectivity index (χ0) is 71.9. The van der Waals surface area contributed by atoms with Crippen LogP contribution in [0.1, 0.15) is 88.8 Å². The summed E-state index contributed by atoms with van der Waals surface area (Å²) in [5.41, 5.74) is 19.3. The van der Waals surface area contributed by atoms with Gasteiger partial charge in [-0.3, -0.25) is 67.5 Å². The molecular formula is C66H86N18O15. The predicted octanol–water partition coefficient (Wildman–Crippen LogP) is -2.30. The SMILES string of the molecule is CC(=O)O.CC(C)CC(NC(=O)C(Cc1c[nH]c2ccccc12)NC(=O)C(Cc1ccc(O)cc1)NC(=O)C(CO)NC(=O)C(Cc1c[nH]c2ccccc12)NC(=O)C(CC1C=NC=N1)NC(=O)C1CCC(=O)N1)C(=O)NC(CCCN=C(N)N)C(=O)N1CCCC1C(=O)NCC(N)=O. The number of primary amides is 1. The number of aromatic hydroxyl groups is 1. The van der Waals surface area contributed by atoms with Crippen molar-refractivity contribution in [2.24, 2.45) is 38.1 Å². The number of carboxylic acid groups (broad SMARTS) is 1. The van der Waals surface area contributed by atoms with E-state index in [2.05, 4.69) is 72.8 Å². The fourth-order valence-electron chi connectivity index (χ4n) is 11.6.